The molecule has 0 heterocycles. The van der Waals surface area contributed by atoms with Gasteiger partial charge in [-0.25, -0.2) is 13.1 Å². The lowest BCUT2D eigenvalue weighted by molar-refractivity contribution is 0.252. The number of halogens is 1. The zero-order valence-electron chi connectivity index (χ0n) is 10.1. The molecule has 0 aliphatic heterocycles. The van der Waals surface area contributed by atoms with Gasteiger partial charge in [0.25, 0.3) is 0 Å². The van der Waals surface area contributed by atoms with Crippen LogP contribution in [0.2, 0.25) is 0 Å². The van der Waals surface area contributed by atoms with E-state index in [1.807, 2.05) is 0 Å². The van der Waals surface area contributed by atoms with Gasteiger partial charge in [-0.3, -0.25) is 0 Å². The number of benzene rings is 1. The van der Waals surface area contributed by atoms with Gasteiger partial charge in [0.1, 0.15) is 5.75 Å². The molecule has 18 heavy (non-hydrogen) atoms. The molecule has 0 atom stereocenters. The molecule has 6 heteroatoms. The molecule has 4 nitrogen and oxygen atoms in total. The largest absolute Gasteiger partial charge is 0.497 e. The predicted octanol–water partition coefficient (Wildman–Crippen LogP) is 2.13. The van der Waals surface area contributed by atoms with Crippen LogP contribution in [-0.4, -0.2) is 26.9 Å². The van der Waals surface area contributed by atoms with E-state index in [0.29, 0.717) is 11.6 Å². The second-order valence-electron chi connectivity index (χ2n) is 4.55. The Bertz CT molecular complexity index is 503. The SMILES string of the molecule is COc1ccc(S(=O)(=O)NC2(CCl)CCC2)cc1. The molecule has 2 rings (SSSR count). The van der Waals surface area contributed by atoms with Crippen LogP contribution in [-0.2, 0) is 10.0 Å². The van der Waals surface area contributed by atoms with Crippen LogP contribution < -0.4 is 9.46 Å². The van der Waals surface area contributed by atoms with E-state index in [1.165, 1.54) is 12.1 Å². The Kier molecular flexibility index (Phi) is 3.84. The van der Waals surface area contributed by atoms with Crippen molar-refractivity contribution in [1.29, 1.82) is 0 Å². The molecule has 0 aromatic heterocycles. The predicted molar refractivity (Wildman–Crippen MR) is 70.6 cm³/mol. The van der Waals surface area contributed by atoms with Crippen molar-refractivity contribution in [3.05, 3.63) is 24.3 Å². The van der Waals surface area contributed by atoms with Crippen molar-refractivity contribution in [2.24, 2.45) is 0 Å². The van der Waals surface area contributed by atoms with Crippen LogP contribution in [0.5, 0.6) is 5.75 Å². The minimum Gasteiger partial charge on any atom is -0.497 e. The average molecular weight is 290 g/mol. The lowest BCUT2D eigenvalue weighted by atomic mass is 9.79. The number of methoxy groups -OCH3 is 1. The van der Waals surface area contributed by atoms with E-state index in [4.69, 9.17) is 16.3 Å². The molecule has 0 spiro atoms. The van der Waals surface area contributed by atoms with E-state index in [0.717, 1.165) is 19.3 Å². The fourth-order valence-electron chi connectivity index (χ4n) is 1.97. The van der Waals surface area contributed by atoms with Gasteiger partial charge in [-0.1, -0.05) is 0 Å². The molecule has 1 N–H and O–H groups in total. The molecule has 1 fully saturated rings. The topological polar surface area (TPSA) is 55.4 Å². The van der Waals surface area contributed by atoms with Crippen LogP contribution in [0.25, 0.3) is 0 Å². The third kappa shape index (κ3) is 2.63. The van der Waals surface area contributed by atoms with Crippen LogP contribution >= 0.6 is 11.6 Å². The van der Waals surface area contributed by atoms with E-state index in [9.17, 15) is 8.42 Å². The molecule has 1 saturated carbocycles. The Hall–Kier alpha value is -0.780. The Morgan fingerprint density at radius 2 is 1.94 bits per heavy atom. The number of rotatable bonds is 5. The van der Waals surface area contributed by atoms with Gasteiger partial charge in [0.2, 0.25) is 10.0 Å². The number of alkyl halides is 1. The number of ether oxygens (including phenoxy) is 1. The molecule has 1 aromatic carbocycles. The Morgan fingerprint density at radius 1 is 1.33 bits per heavy atom. The van der Waals surface area contributed by atoms with Crippen LogP contribution in [0.3, 0.4) is 0 Å². The van der Waals surface area contributed by atoms with Crippen LogP contribution in [0.1, 0.15) is 19.3 Å². The van der Waals surface area contributed by atoms with Crippen molar-refractivity contribution in [2.45, 2.75) is 29.7 Å². The normalized spacial score (nSPS) is 18.1. The zero-order valence-corrected chi connectivity index (χ0v) is 11.7. The summed E-state index contributed by atoms with van der Waals surface area (Å²) in [6.45, 7) is 0. The van der Waals surface area contributed by atoms with Crippen molar-refractivity contribution in [3.63, 3.8) is 0 Å². The Balaban J connectivity index is 2.19. The molecule has 0 unspecified atom stereocenters. The van der Waals surface area contributed by atoms with Crippen molar-refractivity contribution in [1.82, 2.24) is 4.72 Å². The molecular weight excluding hydrogens is 274 g/mol. The molecule has 100 valence electrons. The van der Waals surface area contributed by atoms with Gasteiger partial charge in [-0.15, -0.1) is 11.6 Å². The highest BCUT2D eigenvalue weighted by Crippen LogP contribution is 2.34. The second kappa shape index (κ2) is 5.07. The van der Waals surface area contributed by atoms with E-state index in [1.54, 1.807) is 19.2 Å². The summed E-state index contributed by atoms with van der Waals surface area (Å²) in [5, 5.41) is 0. The first-order valence-electron chi connectivity index (χ1n) is 5.75. The van der Waals surface area contributed by atoms with E-state index in [-0.39, 0.29) is 4.90 Å². The van der Waals surface area contributed by atoms with Gasteiger partial charge in [0.05, 0.1) is 12.0 Å². The highest BCUT2D eigenvalue weighted by molar-refractivity contribution is 7.89. The summed E-state index contributed by atoms with van der Waals surface area (Å²) in [5.74, 6) is 0.937. The van der Waals surface area contributed by atoms with Gasteiger partial charge >= 0.3 is 0 Å². The van der Waals surface area contributed by atoms with Crippen molar-refractivity contribution >= 4 is 21.6 Å². The summed E-state index contributed by atoms with van der Waals surface area (Å²) in [4.78, 5) is 0.236. The lowest BCUT2D eigenvalue weighted by Crippen LogP contribution is -2.54. The van der Waals surface area contributed by atoms with E-state index < -0.39 is 15.6 Å². The van der Waals surface area contributed by atoms with Gasteiger partial charge in [0, 0.05) is 11.4 Å². The third-order valence-corrected chi connectivity index (χ3v) is 5.39. The number of sulfonamides is 1. The molecule has 0 saturated heterocycles. The van der Waals surface area contributed by atoms with Crippen molar-refractivity contribution in [3.8, 4) is 5.75 Å². The standard InChI is InChI=1S/C12H16ClNO3S/c1-17-10-3-5-11(6-4-10)18(15,16)14-12(9-13)7-2-8-12/h3-6,14H,2,7-9H2,1H3. The summed E-state index contributed by atoms with van der Waals surface area (Å²) in [6.07, 6.45) is 2.61. The van der Waals surface area contributed by atoms with Crippen LogP contribution in [0, 0.1) is 0 Å². The van der Waals surface area contributed by atoms with Gasteiger partial charge < -0.3 is 4.74 Å². The average Bonchev–Trinajstić information content (AvgIpc) is 2.34. The van der Waals surface area contributed by atoms with E-state index >= 15 is 0 Å². The minimum absolute atomic E-state index is 0.236. The molecular formula is C12H16ClNO3S. The van der Waals surface area contributed by atoms with Crippen LogP contribution in [0.4, 0.5) is 0 Å². The Morgan fingerprint density at radius 3 is 2.33 bits per heavy atom. The molecule has 1 aromatic rings. The van der Waals surface area contributed by atoms with Gasteiger partial charge in [-0.2, -0.15) is 0 Å². The zero-order chi connectivity index (χ0) is 13.2. The first-order valence-corrected chi connectivity index (χ1v) is 7.77. The summed E-state index contributed by atoms with van der Waals surface area (Å²) in [6, 6.07) is 6.31. The Labute approximate surface area is 112 Å². The lowest BCUT2D eigenvalue weighted by Gasteiger charge is -2.40. The summed E-state index contributed by atoms with van der Waals surface area (Å²) < 4.78 is 32.1. The molecule has 0 radical (unpaired) electrons. The molecule has 1 aliphatic carbocycles. The number of hydrogen-bond acceptors (Lipinski definition) is 3. The van der Waals surface area contributed by atoms with E-state index in [2.05, 4.69) is 4.72 Å². The smallest absolute Gasteiger partial charge is 0.241 e. The van der Waals surface area contributed by atoms with Crippen molar-refractivity contribution < 1.29 is 13.2 Å². The number of nitrogens with one attached hydrogen (secondary N) is 1. The monoisotopic (exact) mass is 289 g/mol. The maximum Gasteiger partial charge on any atom is 0.241 e. The number of hydrogen-bond donors (Lipinski definition) is 1. The quantitative estimate of drug-likeness (QED) is 0.845. The maximum absolute atomic E-state index is 12.2. The molecule has 1 aliphatic rings. The summed E-state index contributed by atoms with van der Waals surface area (Å²) >= 11 is 5.85. The van der Waals surface area contributed by atoms with Gasteiger partial charge in [-0.05, 0) is 43.5 Å². The molecule has 0 amide bonds. The highest BCUT2D eigenvalue weighted by atomic mass is 35.5. The van der Waals surface area contributed by atoms with Crippen LogP contribution in [0.15, 0.2) is 29.2 Å². The summed E-state index contributed by atoms with van der Waals surface area (Å²) in [5.41, 5.74) is -0.458. The fraction of sp³-hybridized carbons (Fsp3) is 0.500. The highest BCUT2D eigenvalue weighted by Gasteiger charge is 2.40. The van der Waals surface area contributed by atoms with Crippen molar-refractivity contribution in [2.75, 3.05) is 13.0 Å². The van der Waals surface area contributed by atoms with Gasteiger partial charge in [0.15, 0.2) is 0 Å². The first-order chi connectivity index (χ1) is 8.51. The summed E-state index contributed by atoms with van der Waals surface area (Å²) in [7, 11) is -1.97. The molecule has 0 bridgehead atoms. The minimum atomic E-state index is -3.51. The second-order valence-corrected chi connectivity index (χ2v) is 6.50. The fourth-order valence-corrected chi connectivity index (χ4v) is 3.84. The third-order valence-electron chi connectivity index (χ3n) is 3.29. The maximum atomic E-state index is 12.2. The first kappa shape index (κ1) is 13.6.